The van der Waals surface area contributed by atoms with Crippen LogP contribution in [-0.2, 0) is 32.5 Å². The molecule has 14 rings (SSSR count). The van der Waals surface area contributed by atoms with E-state index in [0.717, 1.165) is 0 Å². The molecule has 0 N–H and O–H groups in total. The van der Waals surface area contributed by atoms with E-state index in [-0.39, 0.29) is 39.3 Å². The largest absolute Gasteiger partial charge is 0.376 e. The van der Waals surface area contributed by atoms with E-state index in [4.69, 9.17) is 0 Å². The Balaban J connectivity index is 1.24. The standard InChI is InChI=1S/C65H65BN2S/c1-60(2,3)36-22-24-37(25-23-36)68-51-35-48-46(62(6,7)27-29-64(48,10)11)31-42(51)54-55-39-19-15-17-21-53(39)69-59(55)56-41-30-45-47(63(8,9)28-26-61(45,4)5)34-50(41)67-52-32-40-38-18-14-16-20-43(38)65(12,13)44(40)33-49(52)66(68)57(54)58(56)67/h14-25,30-35H,26-29H2,1-13H3. The van der Waals surface area contributed by atoms with Gasteiger partial charge in [0.2, 0.25) is 0 Å². The van der Waals surface area contributed by atoms with Crippen LogP contribution in [-0.4, -0.2) is 11.4 Å². The Hall–Kier alpha value is -5.58. The van der Waals surface area contributed by atoms with Crippen molar-refractivity contribution in [1.82, 2.24) is 4.57 Å². The molecule has 0 atom stereocenters. The van der Waals surface area contributed by atoms with Crippen LogP contribution in [0.1, 0.15) is 155 Å². The van der Waals surface area contributed by atoms with Crippen molar-refractivity contribution in [2.75, 3.05) is 4.81 Å². The second-order valence-corrected chi connectivity index (χ2v) is 27.3. The zero-order valence-corrected chi connectivity index (χ0v) is 43.9. The lowest BCUT2D eigenvalue weighted by Crippen LogP contribution is -2.61. The summed E-state index contributed by atoms with van der Waals surface area (Å²) in [6.45, 7) is 31.9. The average Bonchev–Trinajstić information content (AvgIpc) is 3.93. The number of benzene rings is 7. The summed E-state index contributed by atoms with van der Waals surface area (Å²) in [7, 11) is 0. The predicted molar refractivity (Wildman–Crippen MR) is 300 cm³/mol. The fourth-order valence-corrected chi connectivity index (χ4v) is 15.8. The van der Waals surface area contributed by atoms with Crippen LogP contribution in [0.4, 0.5) is 11.4 Å². The lowest BCUT2D eigenvalue weighted by Gasteiger charge is -2.46. The maximum absolute atomic E-state index is 2.82. The fraction of sp³-hybridized carbons (Fsp3) is 0.354. The minimum Gasteiger partial charge on any atom is -0.376 e. The smallest absolute Gasteiger partial charge is 0.333 e. The van der Waals surface area contributed by atoms with Crippen molar-refractivity contribution in [1.29, 1.82) is 0 Å². The highest BCUT2D eigenvalue weighted by atomic mass is 32.1. The molecule has 7 aromatic carbocycles. The molecular formula is C65H65BN2S. The Kier molecular flexibility index (Phi) is 7.99. The van der Waals surface area contributed by atoms with E-state index >= 15 is 0 Å². The number of anilines is 2. The van der Waals surface area contributed by atoms with Crippen molar-refractivity contribution in [3.63, 3.8) is 0 Å². The van der Waals surface area contributed by atoms with Gasteiger partial charge in [-0.1, -0.05) is 151 Å². The van der Waals surface area contributed by atoms with E-state index in [0.29, 0.717) is 0 Å². The van der Waals surface area contributed by atoms with E-state index in [1.165, 1.54) is 157 Å². The summed E-state index contributed by atoms with van der Waals surface area (Å²) in [6, 6.07) is 44.4. The molecule has 0 saturated heterocycles. The number of rotatable bonds is 1. The summed E-state index contributed by atoms with van der Waals surface area (Å²) in [6.07, 6.45) is 4.73. The second-order valence-electron chi connectivity index (χ2n) is 26.2. The number of nitrogens with zero attached hydrogens (tertiary/aromatic N) is 2. The van der Waals surface area contributed by atoms with Crippen LogP contribution in [0.25, 0.3) is 69.9 Å². The topological polar surface area (TPSA) is 8.17 Å². The Morgan fingerprint density at radius 3 is 1.81 bits per heavy atom. The normalized spacial score (nSPS) is 19.4. The van der Waals surface area contributed by atoms with Crippen LogP contribution in [0, 0.1) is 0 Å². The number of hydrogen-bond donors (Lipinski definition) is 0. The Morgan fingerprint density at radius 2 is 1.13 bits per heavy atom. The molecule has 69 heavy (non-hydrogen) atoms. The maximum atomic E-state index is 2.82. The molecular weight excluding hydrogens is 852 g/mol. The maximum Gasteiger partial charge on any atom is 0.333 e. The summed E-state index contributed by atoms with van der Waals surface area (Å²) in [5.74, 6) is 0. The summed E-state index contributed by atoms with van der Waals surface area (Å²) in [4.78, 5) is 2.82. The van der Waals surface area contributed by atoms with Gasteiger partial charge in [0.25, 0.3) is 0 Å². The molecule has 0 saturated carbocycles. The van der Waals surface area contributed by atoms with Gasteiger partial charge in [-0.3, -0.25) is 0 Å². The summed E-state index contributed by atoms with van der Waals surface area (Å²) in [5, 5.41) is 5.66. The average molecular weight is 917 g/mol. The van der Waals surface area contributed by atoms with Crippen molar-refractivity contribution in [2.24, 2.45) is 0 Å². The molecule has 2 nitrogen and oxygen atoms in total. The summed E-state index contributed by atoms with van der Waals surface area (Å²) >= 11 is 2.02. The first-order chi connectivity index (χ1) is 32.6. The third-order valence-corrected chi connectivity index (χ3v) is 20.0. The number of hydrogen-bond acceptors (Lipinski definition) is 2. The Labute approximate surface area is 413 Å². The van der Waals surface area contributed by atoms with Crippen LogP contribution in [0.2, 0.25) is 0 Å². The second kappa shape index (κ2) is 13.0. The van der Waals surface area contributed by atoms with Gasteiger partial charge in [0.1, 0.15) is 0 Å². The SMILES string of the molecule is CC(C)(C)c1ccc(N2B3c4cc5c(cc4-n4c6cc7c(cc6c6c8sc9ccccc9c8c(c3c64)-c3cc4c(cc32)C(C)(C)CCC4(C)C)C(C)(C)CCC7(C)C)-c2ccccc2C5(C)C)cc1. The highest BCUT2D eigenvalue weighted by molar-refractivity contribution is 7.27. The molecule has 2 aromatic heterocycles. The van der Waals surface area contributed by atoms with Crippen molar-refractivity contribution in [3.8, 4) is 27.9 Å². The zero-order valence-electron chi connectivity index (χ0n) is 43.1. The molecule has 9 aromatic rings. The molecule has 0 fully saturated rings. The van der Waals surface area contributed by atoms with Crippen molar-refractivity contribution in [3.05, 3.63) is 148 Å². The highest BCUT2D eigenvalue weighted by Crippen LogP contribution is 2.58. The van der Waals surface area contributed by atoms with Gasteiger partial charge in [-0.25, -0.2) is 0 Å². The molecule has 0 bridgehead atoms. The van der Waals surface area contributed by atoms with E-state index in [1.807, 2.05) is 11.3 Å². The molecule has 4 heteroatoms. The van der Waals surface area contributed by atoms with E-state index in [9.17, 15) is 0 Å². The number of aromatic nitrogens is 1. The quantitative estimate of drug-likeness (QED) is 0.149. The van der Waals surface area contributed by atoms with Gasteiger partial charge in [-0.2, -0.15) is 0 Å². The predicted octanol–water partition coefficient (Wildman–Crippen LogP) is 16.7. The molecule has 344 valence electrons. The molecule has 0 unspecified atom stereocenters. The lowest BCUT2D eigenvalue weighted by molar-refractivity contribution is 0.332. The van der Waals surface area contributed by atoms with Gasteiger partial charge in [-0.05, 0) is 168 Å². The van der Waals surface area contributed by atoms with E-state index in [2.05, 4.69) is 209 Å². The number of fused-ring (bicyclic) bond motifs is 18. The van der Waals surface area contributed by atoms with Gasteiger partial charge in [0, 0.05) is 59.0 Å². The third kappa shape index (κ3) is 5.35. The zero-order chi connectivity index (χ0) is 47.9. The van der Waals surface area contributed by atoms with Crippen molar-refractivity contribution in [2.45, 2.75) is 148 Å². The lowest BCUT2D eigenvalue weighted by atomic mass is 9.43. The van der Waals surface area contributed by atoms with Gasteiger partial charge in [0.05, 0.1) is 11.0 Å². The van der Waals surface area contributed by atoms with Gasteiger partial charge < -0.3 is 9.38 Å². The first-order valence-electron chi connectivity index (χ1n) is 26.0. The summed E-state index contributed by atoms with van der Waals surface area (Å²) < 4.78 is 5.60. The minimum absolute atomic E-state index is 0.0409. The van der Waals surface area contributed by atoms with Gasteiger partial charge in [-0.15, -0.1) is 11.3 Å². The third-order valence-electron chi connectivity index (χ3n) is 18.8. The molecule has 4 heterocycles. The van der Waals surface area contributed by atoms with E-state index in [1.54, 1.807) is 0 Å². The molecule has 5 aliphatic rings. The molecule has 0 amide bonds. The molecule has 0 radical (unpaired) electrons. The monoisotopic (exact) mass is 916 g/mol. The molecule has 2 aliphatic heterocycles. The van der Waals surface area contributed by atoms with Crippen LogP contribution in [0.15, 0.2) is 109 Å². The van der Waals surface area contributed by atoms with E-state index < -0.39 is 0 Å². The van der Waals surface area contributed by atoms with Crippen molar-refractivity contribution >= 4 is 82.5 Å². The Morgan fingerprint density at radius 1 is 0.522 bits per heavy atom. The van der Waals surface area contributed by atoms with Crippen LogP contribution in [0.3, 0.4) is 0 Å². The summed E-state index contributed by atoms with van der Waals surface area (Å²) in [5.41, 5.74) is 25.6. The van der Waals surface area contributed by atoms with Crippen LogP contribution < -0.4 is 15.7 Å². The van der Waals surface area contributed by atoms with Crippen LogP contribution >= 0.6 is 11.3 Å². The fourth-order valence-electron chi connectivity index (χ4n) is 14.5. The minimum atomic E-state index is -0.152. The van der Waals surface area contributed by atoms with Gasteiger partial charge in [0.15, 0.2) is 0 Å². The Bertz CT molecular complexity index is 3800. The van der Waals surface area contributed by atoms with Crippen molar-refractivity contribution < 1.29 is 0 Å². The first-order valence-corrected chi connectivity index (χ1v) is 26.8. The molecule has 3 aliphatic carbocycles. The number of thiophene rings is 1. The van der Waals surface area contributed by atoms with Gasteiger partial charge >= 0.3 is 6.85 Å². The molecule has 0 spiro atoms. The first kappa shape index (κ1) is 42.3. The van der Waals surface area contributed by atoms with Crippen LogP contribution in [0.5, 0.6) is 0 Å². The highest BCUT2D eigenvalue weighted by Gasteiger charge is 2.50.